The van der Waals surface area contributed by atoms with Gasteiger partial charge in [0.25, 0.3) is 0 Å². The maximum absolute atomic E-state index is 13.9. The lowest BCUT2D eigenvalue weighted by Crippen LogP contribution is -2.09. The Kier molecular flexibility index (Phi) is 7.20. The molecule has 0 aromatic heterocycles. The van der Waals surface area contributed by atoms with E-state index in [4.69, 9.17) is 14.2 Å². The van der Waals surface area contributed by atoms with E-state index in [0.717, 1.165) is 0 Å². The number of ether oxygens (including phenoxy) is 3. The predicted octanol–water partition coefficient (Wildman–Crippen LogP) is 5.42. The van der Waals surface area contributed by atoms with Crippen LogP contribution in [-0.2, 0) is 12.8 Å². The van der Waals surface area contributed by atoms with E-state index in [1.807, 2.05) is 0 Å². The van der Waals surface area contributed by atoms with Gasteiger partial charge in [-0.2, -0.15) is 0 Å². The first-order chi connectivity index (χ1) is 15.7. The number of hydrogen-bond acceptors (Lipinski definition) is 4. The molecule has 9 heteroatoms. The number of rotatable bonds is 8. The molecule has 0 aliphatic heterocycles. The Morgan fingerprint density at radius 2 is 1.24 bits per heavy atom. The molecular weight excluding hydrogens is 447 g/mol. The summed E-state index contributed by atoms with van der Waals surface area (Å²) in [6.45, 7) is 0. The molecule has 0 unspecified atom stereocenters. The molecule has 0 saturated carbocycles. The number of halogens is 5. The van der Waals surface area contributed by atoms with Gasteiger partial charge in [0.05, 0.1) is 21.3 Å². The molecule has 0 heterocycles. The Morgan fingerprint density at radius 1 is 0.697 bits per heavy atom. The minimum absolute atomic E-state index is 0.0608. The summed E-state index contributed by atoms with van der Waals surface area (Å²) in [5.41, 5.74) is 0.0468. The SMILES string of the molecule is COc1cc(C(=O)c2cccc(CCc3c(F)c(F)c(F)c(F)c3F)c2)cc(OC)c1OC. The van der Waals surface area contributed by atoms with Crippen molar-refractivity contribution in [2.75, 3.05) is 21.3 Å². The van der Waals surface area contributed by atoms with Gasteiger partial charge in [-0.15, -0.1) is 0 Å². The van der Waals surface area contributed by atoms with Crippen LogP contribution >= 0.6 is 0 Å². The third-order valence-corrected chi connectivity index (χ3v) is 5.08. The summed E-state index contributed by atoms with van der Waals surface area (Å²) in [6.07, 6.45) is -0.512. The Morgan fingerprint density at radius 3 is 1.76 bits per heavy atom. The van der Waals surface area contributed by atoms with Crippen LogP contribution in [-0.4, -0.2) is 27.1 Å². The summed E-state index contributed by atoms with van der Waals surface area (Å²) in [6, 6.07) is 9.11. The van der Waals surface area contributed by atoms with Crippen molar-refractivity contribution < 1.29 is 41.0 Å². The maximum Gasteiger partial charge on any atom is 0.203 e. The Labute approximate surface area is 186 Å². The third-order valence-electron chi connectivity index (χ3n) is 5.08. The highest BCUT2D eigenvalue weighted by molar-refractivity contribution is 6.09. The number of carbonyl (C=O) groups excluding carboxylic acids is 1. The lowest BCUT2D eigenvalue weighted by Gasteiger charge is -2.14. The van der Waals surface area contributed by atoms with Gasteiger partial charge >= 0.3 is 0 Å². The first-order valence-corrected chi connectivity index (χ1v) is 9.67. The number of methoxy groups -OCH3 is 3. The third kappa shape index (κ3) is 4.62. The molecule has 0 fully saturated rings. The average Bonchev–Trinajstić information content (AvgIpc) is 2.84. The molecule has 33 heavy (non-hydrogen) atoms. The normalized spacial score (nSPS) is 10.8. The Balaban J connectivity index is 1.89. The van der Waals surface area contributed by atoms with Gasteiger partial charge in [-0.25, -0.2) is 22.0 Å². The summed E-state index contributed by atoms with van der Waals surface area (Å²) in [7, 11) is 4.24. The molecule has 0 bridgehead atoms. The fourth-order valence-electron chi connectivity index (χ4n) is 3.39. The lowest BCUT2D eigenvalue weighted by molar-refractivity contribution is 0.103. The standard InChI is InChI=1S/C24H19F5O4/c1-31-16-10-14(11-17(32-2)24(16)33-3)23(30)13-6-4-5-12(9-13)7-8-15-18(25)20(27)22(29)21(28)19(15)26/h4-6,9-11H,7-8H2,1-3H3. The minimum Gasteiger partial charge on any atom is -0.493 e. The van der Waals surface area contributed by atoms with E-state index in [1.54, 1.807) is 12.1 Å². The van der Waals surface area contributed by atoms with Crippen LogP contribution in [0.1, 0.15) is 27.0 Å². The van der Waals surface area contributed by atoms with Crippen molar-refractivity contribution >= 4 is 5.78 Å². The van der Waals surface area contributed by atoms with Crippen LogP contribution in [0.5, 0.6) is 17.2 Å². The molecule has 0 N–H and O–H groups in total. The van der Waals surface area contributed by atoms with Gasteiger partial charge in [-0.05, 0) is 36.6 Å². The molecule has 174 valence electrons. The molecule has 0 spiro atoms. The van der Waals surface area contributed by atoms with Crippen molar-refractivity contribution in [3.63, 3.8) is 0 Å². The molecule has 0 amide bonds. The molecule has 0 atom stereocenters. The molecule has 0 aliphatic carbocycles. The van der Waals surface area contributed by atoms with E-state index in [1.165, 1.54) is 45.6 Å². The quantitative estimate of drug-likeness (QED) is 0.192. The van der Waals surface area contributed by atoms with E-state index >= 15 is 0 Å². The zero-order valence-electron chi connectivity index (χ0n) is 17.9. The van der Waals surface area contributed by atoms with Gasteiger partial charge in [-0.3, -0.25) is 4.79 Å². The maximum atomic E-state index is 13.9. The van der Waals surface area contributed by atoms with Gasteiger partial charge in [0.2, 0.25) is 11.6 Å². The van der Waals surface area contributed by atoms with Gasteiger partial charge in [-0.1, -0.05) is 18.2 Å². The second-order valence-electron chi connectivity index (χ2n) is 6.99. The molecule has 3 aromatic rings. The number of carbonyl (C=O) groups is 1. The van der Waals surface area contributed by atoms with Crippen molar-refractivity contribution in [1.82, 2.24) is 0 Å². The molecule has 0 aliphatic rings. The van der Waals surface area contributed by atoms with Crippen molar-refractivity contribution in [1.29, 1.82) is 0 Å². The van der Waals surface area contributed by atoms with Crippen LogP contribution in [0.15, 0.2) is 36.4 Å². The zero-order chi connectivity index (χ0) is 24.3. The van der Waals surface area contributed by atoms with Crippen LogP contribution in [0.4, 0.5) is 22.0 Å². The lowest BCUT2D eigenvalue weighted by atomic mass is 9.97. The summed E-state index contributed by atoms with van der Waals surface area (Å²) in [4.78, 5) is 13.0. The van der Waals surface area contributed by atoms with E-state index < -0.39 is 46.9 Å². The van der Waals surface area contributed by atoms with Gasteiger partial charge in [0.15, 0.2) is 40.6 Å². The first-order valence-electron chi connectivity index (χ1n) is 9.67. The smallest absolute Gasteiger partial charge is 0.203 e. The van der Waals surface area contributed by atoms with Crippen LogP contribution in [0.2, 0.25) is 0 Å². The number of ketones is 1. The molecular formula is C24H19F5O4. The van der Waals surface area contributed by atoms with E-state index in [9.17, 15) is 26.7 Å². The fraction of sp³-hybridized carbons (Fsp3) is 0.208. The van der Waals surface area contributed by atoms with Gasteiger partial charge in [0.1, 0.15) is 0 Å². The van der Waals surface area contributed by atoms with Crippen molar-refractivity contribution in [3.05, 3.63) is 87.7 Å². The van der Waals surface area contributed by atoms with E-state index in [0.29, 0.717) is 11.3 Å². The first kappa shape index (κ1) is 24.0. The van der Waals surface area contributed by atoms with Crippen LogP contribution < -0.4 is 14.2 Å². The van der Waals surface area contributed by atoms with Gasteiger partial charge < -0.3 is 14.2 Å². The summed E-state index contributed by atoms with van der Waals surface area (Å²) in [5, 5.41) is 0. The summed E-state index contributed by atoms with van der Waals surface area (Å²) in [5.74, 6) is -9.44. The van der Waals surface area contributed by atoms with Crippen LogP contribution in [0, 0.1) is 29.1 Å². The highest BCUT2D eigenvalue weighted by Gasteiger charge is 2.25. The number of benzene rings is 3. The molecule has 4 nitrogen and oxygen atoms in total. The monoisotopic (exact) mass is 466 g/mol. The van der Waals surface area contributed by atoms with Crippen molar-refractivity contribution in [2.45, 2.75) is 12.8 Å². The largest absolute Gasteiger partial charge is 0.493 e. The molecule has 0 saturated heterocycles. The Bertz CT molecular complexity index is 1160. The topological polar surface area (TPSA) is 44.8 Å². The van der Waals surface area contributed by atoms with Crippen molar-refractivity contribution in [3.8, 4) is 17.2 Å². The average molecular weight is 466 g/mol. The second kappa shape index (κ2) is 9.89. The highest BCUT2D eigenvalue weighted by Crippen LogP contribution is 2.38. The Hall–Kier alpha value is -3.62. The van der Waals surface area contributed by atoms with E-state index in [-0.39, 0.29) is 29.0 Å². The number of aryl methyl sites for hydroxylation is 1. The fourth-order valence-corrected chi connectivity index (χ4v) is 3.39. The van der Waals surface area contributed by atoms with Crippen LogP contribution in [0.3, 0.4) is 0 Å². The predicted molar refractivity (Wildman–Crippen MR) is 110 cm³/mol. The molecule has 3 rings (SSSR count). The molecule has 3 aromatic carbocycles. The van der Waals surface area contributed by atoms with Crippen LogP contribution in [0.25, 0.3) is 0 Å². The molecule has 0 radical (unpaired) electrons. The highest BCUT2D eigenvalue weighted by atomic mass is 19.2. The minimum atomic E-state index is -2.20. The second-order valence-corrected chi connectivity index (χ2v) is 6.99. The zero-order valence-corrected chi connectivity index (χ0v) is 17.9. The van der Waals surface area contributed by atoms with Crippen molar-refractivity contribution in [2.24, 2.45) is 0 Å². The van der Waals surface area contributed by atoms with Gasteiger partial charge in [0, 0.05) is 16.7 Å². The van der Waals surface area contributed by atoms with E-state index in [2.05, 4.69) is 0 Å². The summed E-state index contributed by atoms with van der Waals surface area (Å²) >= 11 is 0. The number of hydrogen-bond donors (Lipinski definition) is 0. The summed E-state index contributed by atoms with van der Waals surface area (Å²) < 4.78 is 83.7.